The number of rotatable bonds is 6. The molecule has 1 aromatic carbocycles. The summed E-state index contributed by atoms with van der Waals surface area (Å²) in [5.41, 5.74) is 1.79. The largest absolute Gasteiger partial charge is 0.344 e. The normalized spacial score (nSPS) is 26.1. The van der Waals surface area contributed by atoms with Crippen molar-refractivity contribution in [3.05, 3.63) is 35.4 Å². The van der Waals surface area contributed by atoms with Gasteiger partial charge in [-0.3, -0.25) is 9.59 Å². The molecule has 0 bridgehead atoms. The summed E-state index contributed by atoms with van der Waals surface area (Å²) in [5, 5.41) is 0. The van der Waals surface area contributed by atoms with Crippen LogP contribution < -0.4 is 0 Å². The minimum absolute atomic E-state index is 0.00812. The first-order chi connectivity index (χ1) is 14.5. The van der Waals surface area contributed by atoms with E-state index in [1.807, 2.05) is 41.1 Å². The van der Waals surface area contributed by atoms with E-state index in [9.17, 15) is 9.59 Å². The molecule has 2 amide bonds. The molecule has 3 heterocycles. The molecule has 3 aliphatic rings. The maximum Gasteiger partial charge on any atom is 0.255 e. The van der Waals surface area contributed by atoms with Gasteiger partial charge in [-0.05, 0) is 62.2 Å². The lowest BCUT2D eigenvalue weighted by atomic mass is 9.83. The van der Waals surface area contributed by atoms with Gasteiger partial charge in [0.25, 0.3) is 5.91 Å². The summed E-state index contributed by atoms with van der Waals surface area (Å²) < 4.78 is 0. The molecular weight excluding hydrogens is 374 g/mol. The number of likely N-dealkylation sites (N-methyl/N-ethyl adjacent to an activating group) is 1. The lowest BCUT2D eigenvalue weighted by Gasteiger charge is -2.46. The molecule has 4 atom stereocenters. The van der Waals surface area contributed by atoms with Crippen LogP contribution in [0.4, 0.5) is 0 Å². The van der Waals surface area contributed by atoms with Gasteiger partial charge in [0.1, 0.15) is 6.04 Å². The van der Waals surface area contributed by atoms with Crippen molar-refractivity contribution < 1.29 is 9.59 Å². The molecular formula is C25H37N3O2. The zero-order valence-electron chi connectivity index (χ0n) is 18.8. The second-order valence-corrected chi connectivity index (χ2v) is 9.64. The van der Waals surface area contributed by atoms with E-state index in [4.69, 9.17) is 0 Å². The first-order valence-electron chi connectivity index (χ1n) is 11.9. The highest BCUT2D eigenvalue weighted by molar-refractivity contribution is 6.01. The molecule has 0 spiro atoms. The topological polar surface area (TPSA) is 43.9 Å². The van der Waals surface area contributed by atoms with Crippen LogP contribution in [0.25, 0.3) is 0 Å². The number of carbonyl (C=O) groups excluding carboxylic acids is 2. The molecule has 0 saturated carbocycles. The Morgan fingerprint density at radius 2 is 1.93 bits per heavy atom. The second-order valence-electron chi connectivity index (χ2n) is 9.64. The molecule has 2 fully saturated rings. The van der Waals surface area contributed by atoms with E-state index in [2.05, 4.69) is 18.7 Å². The summed E-state index contributed by atoms with van der Waals surface area (Å²) in [4.78, 5) is 33.2. The molecule has 1 aromatic rings. The average Bonchev–Trinajstić information content (AvgIpc) is 3.10. The Kier molecular flexibility index (Phi) is 6.47. The van der Waals surface area contributed by atoms with Crippen molar-refractivity contribution in [3.8, 4) is 0 Å². The fourth-order valence-corrected chi connectivity index (χ4v) is 5.87. The summed E-state index contributed by atoms with van der Waals surface area (Å²) in [7, 11) is 1.95. The predicted octanol–water partition coefficient (Wildman–Crippen LogP) is 3.78. The van der Waals surface area contributed by atoms with Crippen LogP contribution in [0, 0.1) is 11.8 Å². The van der Waals surface area contributed by atoms with Crippen molar-refractivity contribution in [1.29, 1.82) is 0 Å². The van der Waals surface area contributed by atoms with E-state index in [1.165, 1.54) is 45.2 Å². The van der Waals surface area contributed by atoms with Crippen molar-refractivity contribution in [2.24, 2.45) is 11.8 Å². The fraction of sp³-hybridized carbons (Fsp3) is 0.680. The lowest BCUT2D eigenvalue weighted by molar-refractivity contribution is -0.138. The van der Waals surface area contributed by atoms with Gasteiger partial charge >= 0.3 is 0 Å². The lowest BCUT2D eigenvalue weighted by Crippen LogP contribution is -2.55. The molecule has 0 aliphatic carbocycles. The van der Waals surface area contributed by atoms with E-state index >= 15 is 0 Å². The Hall–Kier alpha value is -1.88. The first kappa shape index (κ1) is 21.4. The molecule has 5 heteroatoms. The van der Waals surface area contributed by atoms with E-state index < -0.39 is 0 Å². The molecule has 3 aliphatic heterocycles. The summed E-state index contributed by atoms with van der Waals surface area (Å²) in [6, 6.07) is 8.02. The molecule has 0 aromatic heterocycles. The number of carbonyl (C=O) groups is 2. The molecule has 4 rings (SSSR count). The number of hydrogen-bond acceptors (Lipinski definition) is 3. The van der Waals surface area contributed by atoms with Crippen LogP contribution in [-0.2, 0) is 11.3 Å². The Morgan fingerprint density at radius 3 is 2.70 bits per heavy atom. The van der Waals surface area contributed by atoms with E-state index in [-0.39, 0.29) is 23.8 Å². The van der Waals surface area contributed by atoms with Crippen LogP contribution in [0.5, 0.6) is 0 Å². The van der Waals surface area contributed by atoms with Crippen LogP contribution in [0.2, 0.25) is 0 Å². The van der Waals surface area contributed by atoms with E-state index in [1.54, 1.807) is 0 Å². The van der Waals surface area contributed by atoms with Crippen molar-refractivity contribution in [1.82, 2.24) is 14.7 Å². The number of amides is 2. The standard InChI is InChI=1S/C25H37N3O2/c1-4-18(2)23(28-17-19-10-5-6-12-21(19)24(28)29)25(30)26(3)16-20-11-9-15-27-14-8-7-13-22(20)27/h5-6,10,12,18,20,22-23H,4,7-9,11,13-17H2,1-3H3/t18-,20-,22-,23+/m0/s1. The predicted molar refractivity (Wildman–Crippen MR) is 119 cm³/mol. The highest BCUT2D eigenvalue weighted by Gasteiger charge is 2.41. The number of fused-ring (bicyclic) bond motifs is 2. The maximum atomic E-state index is 13.7. The quantitative estimate of drug-likeness (QED) is 0.716. The third kappa shape index (κ3) is 4.01. The fourth-order valence-electron chi connectivity index (χ4n) is 5.87. The SMILES string of the molecule is CC[C@H](C)[C@H](C(=O)N(C)C[C@@H]1CCCN2CCCC[C@@H]12)N1Cc2ccccc2C1=O. The third-order valence-electron chi connectivity index (χ3n) is 7.73. The Morgan fingerprint density at radius 1 is 1.17 bits per heavy atom. The zero-order valence-corrected chi connectivity index (χ0v) is 18.8. The van der Waals surface area contributed by atoms with Crippen LogP contribution >= 0.6 is 0 Å². The second kappa shape index (κ2) is 9.09. The Bertz CT molecular complexity index is 777. The minimum atomic E-state index is -0.383. The smallest absolute Gasteiger partial charge is 0.255 e. The van der Waals surface area contributed by atoms with Gasteiger partial charge < -0.3 is 14.7 Å². The van der Waals surface area contributed by atoms with Crippen molar-refractivity contribution in [3.63, 3.8) is 0 Å². The molecule has 0 unspecified atom stereocenters. The number of benzene rings is 1. The Labute approximate surface area is 181 Å². The van der Waals surface area contributed by atoms with Crippen molar-refractivity contribution in [2.45, 2.75) is 71.0 Å². The number of nitrogens with zero attached hydrogens (tertiary/aromatic N) is 3. The van der Waals surface area contributed by atoms with E-state index in [0.717, 1.165) is 24.1 Å². The van der Waals surface area contributed by atoms with Crippen molar-refractivity contribution >= 4 is 11.8 Å². The van der Waals surface area contributed by atoms with Crippen LogP contribution in [-0.4, -0.2) is 65.3 Å². The number of hydrogen-bond donors (Lipinski definition) is 0. The highest BCUT2D eigenvalue weighted by atomic mass is 16.2. The highest BCUT2D eigenvalue weighted by Crippen LogP contribution is 2.33. The van der Waals surface area contributed by atoms with Gasteiger partial charge in [-0.1, -0.05) is 44.9 Å². The molecule has 0 N–H and O–H groups in total. The van der Waals surface area contributed by atoms with Gasteiger partial charge in [0, 0.05) is 31.7 Å². The van der Waals surface area contributed by atoms with Gasteiger partial charge in [0.15, 0.2) is 0 Å². The summed E-state index contributed by atoms with van der Waals surface area (Å²) in [6.45, 7) is 8.00. The molecule has 164 valence electrons. The minimum Gasteiger partial charge on any atom is -0.344 e. The monoisotopic (exact) mass is 411 g/mol. The van der Waals surface area contributed by atoms with Gasteiger partial charge in [-0.15, -0.1) is 0 Å². The Balaban J connectivity index is 1.49. The summed E-state index contributed by atoms with van der Waals surface area (Å²) in [5.74, 6) is 0.806. The first-order valence-corrected chi connectivity index (χ1v) is 11.9. The van der Waals surface area contributed by atoms with Crippen LogP contribution in [0.1, 0.15) is 68.3 Å². The third-order valence-corrected chi connectivity index (χ3v) is 7.73. The molecule has 30 heavy (non-hydrogen) atoms. The summed E-state index contributed by atoms with van der Waals surface area (Å²) in [6.07, 6.45) is 7.21. The van der Waals surface area contributed by atoms with Crippen LogP contribution in [0.3, 0.4) is 0 Å². The molecule has 0 radical (unpaired) electrons. The van der Waals surface area contributed by atoms with Gasteiger partial charge in [0.05, 0.1) is 0 Å². The van der Waals surface area contributed by atoms with Gasteiger partial charge in [-0.2, -0.15) is 0 Å². The number of piperidine rings is 2. The zero-order chi connectivity index (χ0) is 21.3. The summed E-state index contributed by atoms with van der Waals surface area (Å²) >= 11 is 0. The molecule has 5 nitrogen and oxygen atoms in total. The maximum absolute atomic E-state index is 13.7. The van der Waals surface area contributed by atoms with Crippen LogP contribution in [0.15, 0.2) is 24.3 Å². The van der Waals surface area contributed by atoms with Gasteiger partial charge in [-0.25, -0.2) is 0 Å². The van der Waals surface area contributed by atoms with Crippen molar-refractivity contribution in [2.75, 3.05) is 26.7 Å². The average molecular weight is 412 g/mol. The molecule has 2 saturated heterocycles. The van der Waals surface area contributed by atoms with Gasteiger partial charge in [0.2, 0.25) is 5.91 Å². The van der Waals surface area contributed by atoms with E-state index in [0.29, 0.717) is 18.5 Å².